The maximum atomic E-state index is 15.3. The van der Waals surface area contributed by atoms with Gasteiger partial charge in [-0.1, -0.05) is 25.1 Å². The minimum absolute atomic E-state index is 0.0329. The van der Waals surface area contributed by atoms with E-state index < -0.39 is 17.7 Å². The molecule has 202 valence electrons. The van der Waals surface area contributed by atoms with E-state index in [9.17, 15) is 9.90 Å². The first kappa shape index (κ1) is 25.3. The van der Waals surface area contributed by atoms with Crippen LogP contribution in [0.25, 0.3) is 22.0 Å². The smallest absolute Gasteiger partial charge is 0.229 e. The van der Waals surface area contributed by atoms with Gasteiger partial charge in [0, 0.05) is 30.5 Å². The molecule has 2 aliphatic rings. The van der Waals surface area contributed by atoms with Gasteiger partial charge >= 0.3 is 0 Å². The number of fused-ring (bicyclic) bond motifs is 1. The Kier molecular flexibility index (Phi) is 6.46. The average Bonchev–Trinajstić information content (AvgIpc) is 3.55. The number of hydrogen-bond acceptors (Lipinski definition) is 8. The van der Waals surface area contributed by atoms with Gasteiger partial charge in [0.25, 0.3) is 0 Å². The molecule has 9 nitrogen and oxygen atoms in total. The highest BCUT2D eigenvalue weighted by molar-refractivity contribution is 6.00. The van der Waals surface area contributed by atoms with Gasteiger partial charge < -0.3 is 19.4 Å². The molecule has 0 aliphatic carbocycles. The van der Waals surface area contributed by atoms with E-state index in [0.29, 0.717) is 47.3 Å². The number of aliphatic hydroxyl groups excluding tert-OH is 1. The SMILES string of the molecule is CC(C)c1nc(C2CCN(c3ncnc4c(-c5ccc(N6CC(O)CC6=O)c(F)c5)ccc(F)c34)CC2)no1. The summed E-state index contributed by atoms with van der Waals surface area (Å²) < 4.78 is 35.8. The Morgan fingerprint density at radius 2 is 1.87 bits per heavy atom. The zero-order valence-corrected chi connectivity index (χ0v) is 21.6. The maximum absolute atomic E-state index is 15.3. The second-order valence-corrected chi connectivity index (χ2v) is 10.5. The summed E-state index contributed by atoms with van der Waals surface area (Å²) in [5.41, 5.74) is 1.53. The first-order chi connectivity index (χ1) is 18.8. The quantitative estimate of drug-likeness (QED) is 0.397. The van der Waals surface area contributed by atoms with Gasteiger partial charge in [-0.25, -0.2) is 18.7 Å². The lowest BCUT2D eigenvalue weighted by Gasteiger charge is -2.32. The fraction of sp³-hybridized carbons (Fsp3) is 0.393. The van der Waals surface area contributed by atoms with E-state index in [-0.39, 0.29) is 41.8 Å². The van der Waals surface area contributed by atoms with Crippen LogP contribution in [0.4, 0.5) is 20.3 Å². The summed E-state index contributed by atoms with van der Waals surface area (Å²) in [7, 11) is 0. The molecule has 2 aliphatic heterocycles. The van der Waals surface area contributed by atoms with Crippen LogP contribution in [0.2, 0.25) is 0 Å². The molecule has 0 radical (unpaired) electrons. The lowest BCUT2D eigenvalue weighted by atomic mass is 9.95. The van der Waals surface area contributed by atoms with Crippen LogP contribution >= 0.6 is 0 Å². The van der Waals surface area contributed by atoms with Crippen LogP contribution in [0, 0.1) is 11.6 Å². The molecule has 6 rings (SSSR count). The van der Waals surface area contributed by atoms with E-state index in [1.807, 2.05) is 18.7 Å². The van der Waals surface area contributed by atoms with Crippen LogP contribution in [-0.4, -0.2) is 56.9 Å². The standard InChI is InChI=1S/C28H28F2N6O3/c1-15(2)28-33-26(34-39-28)16-7-9-35(10-8-16)27-24-20(29)5-4-19(25(24)31-14-32-27)17-3-6-22(21(30)11-17)36-13-18(37)12-23(36)38/h3-6,11,14-16,18,37H,7-10,12-13H2,1-2H3. The zero-order valence-electron chi connectivity index (χ0n) is 21.6. The van der Waals surface area contributed by atoms with E-state index >= 15 is 8.78 Å². The summed E-state index contributed by atoms with van der Waals surface area (Å²) >= 11 is 0. The first-order valence-corrected chi connectivity index (χ1v) is 13.1. The Morgan fingerprint density at radius 3 is 2.54 bits per heavy atom. The largest absolute Gasteiger partial charge is 0.391 e. The third kappa shape index (κ3) is 4.60. The third-order valence-corrected chi connectivity index (χ3v) is 7.48. The lowest BCUT2D eigenvalue weighted by Crippen LogP contribution is -2.34. The molecule has 11 heteroatoms. The predicted molar refractivity (Wildman–Crippen MR) is 140 cm³/mol. The number of aromatic nitrogens is 4. The van der Waals surface area contributed by atoms with Crippen molar-refractivity contribution in [1.29, 1.82) is 0 Å². The predicted octanol–water partition coefficient (Wildman–Crippen LogP) is 4.56. The van der Waals surface area contributed by atoms with Crippen molar-refractivity contribution in [1.82, 2.24) is 20.1 Å². The van der Waals surface area contributed by atoms with E-state index in [1.54, 1.807) is 12.1 Å². The Balaban J connectivity index is 1.29. The van der Waals surface area contributed by atoms with Gasteiger partial charge in [0.15, 0.2) is 5.82 Å². The highest BCUT2D eigenvalue weighted by Gasteiger charge is 2.31. The van der Waals surface area contributed by atoms with E-state index in [2.05, 4.69) is 20.1 Å². The molecule has 2 aromatic carbocycles. The molecule has 39 heavy (non-hydrogen) atoms. The Labute approximate surface area is 223 Å². The van der Waals surface area contributed by atoms with Gasteiger partial charge in [0.05, 0.1) is 35.7 Å². The van der Waals surface area contributed by atoms with Crippen molar-refractivity contribution >= 4 is 28.3 Å². The fourth-order valence-corrected chi connectivity index (χ4v) is 5.40. The number of hydrogen-bond donors (Lipinski definition) is 1. The van der Waals surface area contributed by atoms with Crippen molar-refractivity contribution in [2.24, 2.45) is 0 Å². The Morgan fingerprint density at radius 1 is 1.08 bits per heavy atom. The van der Waals surface area contributed by atoms with Gasteiger partial charge in [0.1, 0.15) is 23.8 Å². The molecule has 2 aromatic heterocycles. The fourth-order valence-electron chi connectivity index (χ4n) is 5.40. The van der Waals surface area contributed by atoms with Gasteiger partial charge in [-0.15, -0.1) is 0 Å². The maximum Gasteiger partial charge on any atom is 0.229 e. The number of nitrogens with zero attached hydrogens (tertiary/aromatic N) is 6. The van der Waals surface area contributed by atoms with Crippen LogP contribution in [0.3, 0.4) is 0 Å². The van der Waals surface area contributed by atoms with Crippen molar-refractivity contribution < 1.29 is 23.2 Å². The van der Waals surface area contributed by atoms with E-state index in [4.69, 9.17) is 4.52 Å². The van der Waals surface area contributed by atoms with Crippen molar-refractivity contribution in [2.45, 2.75) is 51.0 Å². The second kappa shape index (κ2) is 9.96. The summed E-state index contributed by atoms with van der Waals surface area (Å²) in [6.45, 7) is 5.32. The van der Waals surface area contributed by atoms with Crippen molar-refractivity contribution in [3.05, 3.63) is 60.0 Å². The van der Waals surface area contributed by atoms with Gasteiger partial charge in [0.2, 0.25) is 11.8 Å². The summed E-state index contributed by atoms with van der Waals surface area (Å²) in [6.07, 6.45) is 2.08. The van der Waals surface area contributed by atoms with Gasteiger partial charge in [-0.2, -0.15) is 4.98 Å². The highest BCUT2D eigenvalue weighted by Crippen LogP contribution is 2.37. The topological polar surface area (TPSA) is 108 Å². The molecule has 4 aromatic rings. The molecule has 0 bridgehead atoms. The molecule has 2 fully saturated rings. The van der Waals surface area contributed by atoms with Gasteiger partial charge in [-0.05, 0) is 42.7 Å². The molecular weight excluding hydrogens is 506 g/mol. The molecule has 1 amide bonds. The number of amides is 1. The second-order valence-electron chi connectivity index (χ2n) is 10.5. The summed E-state index contributed by atoms with van der Waals surface area (Å²) in [6, 6.07) is 7.40. The summed E-state index contributed by atoms with van der Waals surface area (Å²) in [4.78, 5) is 28.8. The van der Waals surface area contributed by atoms with Crippen molar-refractivity contribution in [3.8, 4) is 11.1 Å². The molecule has 4 heterocycles. The number of carbonyl (C=O) groups excluding carboxylic acids is 1. The summed E-state index contributed by atoms with van der Waals surface area (Å²) in [5, 5.41) is 14.2. The summed E-state index contributed by atoms with van der Waals surface area (Å²) in [5.74, 6) is 0.732. The van der Waals surface area contributed by atoms with Crippen molar-refractivity contribution in [3.63, 3.8) is 0 Å². The monoisotopic (exact) mass is 534 g/mol. The molecule has 1 unspecified atom stereocenters. The van der Waals surface area contributed by atoms with Gasteiger partial charge in [-0.3, -0.25) is 4.79 Å². The van der Waals surface area contributed by atoms with E-state index in [0.717, 1.165) is 12.8 Å². The Hall–Kier alpha value is -3.99. The Bertz CT molecular complexity index is 1550. The number of benzene rings is 2. The number of rotatable bonds is 5. The molecule has 0 spiro atoms. The normalized spacial score (nSPS) is 18.6. The minimum Gasteiger partial charge on any atom is -0.391 e. The number of carbonyl (C=O) groups is 1. The van der Waals surface area contributed by atoms with Crippen LogP contribution in [0.1, 0.15) is 56.7 Å². The van der Waals surface area contributed by atoms with Crippen LogP contribution in [0.15, 0.2) is 41.2 Å². The number of halogens is 2. The molecule has 0 saturated carbocycles. The minimum atomic E-state index is -0.817. The zero-order chi connectivity index (χ0) is 27.3. The number of β-amino-alcohol motifs (C(OH)–C–C–N with tert-alkyl or cyclic N) is 1. The number of aliphatic hydroxyl groups is 1. The molecule has 1 N–H and O–H groups in total. The number of piperidine rings is 1. The third-order valence-electron chi connectivity index (χ3n) is 7.48. The van der Waals surface area contributed by atoms with Crippen molar-refractivity contribution in [2.75, 3.05) is 29.4 Å². The highest BCUT2D eigenvalue weighted by atomic mass is 19.1. The van der Waals surface area contributed by atoms with E-state index in [1.165, 1.54) is 29.4 Å². The molecule has 1 atom stereocenters. The van der Waals surface area contributed by atoms with Crippen LogP contribution < -0.4 is 9.80 Å². The van der Waals surface area contributed by atoms with Crippen LogP contribution in [0.5, 0.6) is 0 Å². The lowest BCUT2D eigenvalue weighted by molar-refractivity contribution is -0.117. The van der Waals surface area contributed by atoms with Crippen LogP contribution in [-0.2, 0) is 4.79 Å². The first-order valence-electron chi connectivity index (χ1n) is 13.1. The molecule has 2 saturated heterocycles. The average molecular weight is 535 g/mol. The molecular formula is C28H28F2N6O3. The number of anilines is 2.